The van der Waals surface area contributed by atoms with E-state index in [0.29, 0.717) is 18.0 Å². The maximum absolute atomic E-state index is 12.2. The van der Waals surface area contributed by atoms with Crippen LogP contribution in [0.25, 0.3) is 0 Å². The van der Waals surface area contributed by atoms with Crippen LogP contribution in [0.1, 0.15) is 39.2 Å². The first-order chi connectivity index (χ1) is 10.9. The van der Waals surface area contributed by atoms with Crippen molar-refractivity contribution in [1.82, 2.24) is 4.90 Å². The number of anilines is 1. The molecule has 0 radical (unpaired) electrons. The molecule has 1 aromatic rings. The Labute approximate surface area is 138 Å². The average molecular weight is 315 g/mol. The molecule has 1 amide bonds. The van der Waals surface area contributed by atoms with Crippen LogP contribution in [0.15, 0.2) is 24.3 Å². The van der Waals surface area contributed by atoms with Crippen LogP contribution in [-0.2, 0) is 4.74 Å². The van der Waals surface area contributed by atoms with Gasteiger partial charge in [0.05, 0.1) is 11.6 Å². The van der Waals surface area contributed by atoms with Gasteiger partial charge in [0.15, 0.2) is 0 Å². The molecule has 5 heteroatoms. The molecule has 1 atom stereocenters. The summed E-state index contributed by atoms with van der Waals surface area (Å²) in [5, 5.41) is 12.3. The monoisotopic (exact) mass is 315 g/mol. The molecule has 1 unspecified atom stereocenters. The zero-order chi connectivity index (χ0) is 16.9. The fraction of sp³-hybridized carbons (Fsp3) is 0.556. The van der Waals surface area contributed by atoms with Crippen LogP contribution in [0, 0.1) is 17.2 Å². The first-order valence-electron chi connectivity index (χ1n) is 8.09. The van der Waals surface area contributed by atoms with Crippen LogP contribution < -0.4 is 5.32 Å². The molecule has 0 aromatic heterocycles. The minimum absolute atomic E-state index is 0.228. The topological polar surface area (TPSA) is 65.4 Å². The van der Waals surface area contributed by atoms with Crippen molar-refractivity contribution in [2.45, 2.75) is 39.2 Å². The molecule has 1 N–H and O–H groups in total. The number of rotatable bonds is 3. The van der Waals surface area contributed by atoms with Crippen molar-refractivity contribution >= 4 is 11.8 Å². The van der Waals surface area contributed by atoms with Gasteiger partial charge in [0.1, 0.15) is 5.60 Å². The van der Waals surface area contributed by atoms with E-state index in [4.69, 9.17) is 10.00 Å². The minimum Gasteiger partial charge on any atom is -0.444 e. The van der Waals surface area contributed by atoms with E-state index < -0.39 is 5.60 Å². The summed E-state index contributed by atoms with van der Waals surface area (Å²) in [6.45, 7) is 7.91. The molecule has 1 fully saturated rings. The predicted molar refractivity (Wildman–Crippen MR) is 90.2 cm³/mol. The van der Waals surface area contributed by atoms with Crippen molar-refractivity contribution < 1.29 is 9.53 Å². The molecule has 1 aromatic carbocycles. The van der Waals surface area contributed by atoms with E-state index in [-0.39, 0.29) is 6.09 Å². The molecule has 1 saturated heterocycles. The van der Waals surface area contributed by atoms with E-state index in [1.54, 1.807) is 11.0 Å². The highest BCUT2D eigenvalue weighted by molar-refractivity contribution is 5.68. The molecule has 5 nitrogen and oxygen atoms in total. The van der Waals surface area contributed by atoms with Crippen molar-refractivity contribution in [2.24, 2.45) is 5.92 Å². The molecule has 1 aliphatic rings. The van der Waals surface area contributed by atoms with Gasteiger partial charge in [-0.1, -0.05) is 6.07 Å². The van der Waals surface area contributed by atoms with E-state index in [0.717, 1.165) is 31.6 Å². The van der Waals surface area contributed by atoms with E-state index in [9.17, 15) is 4.79 Å². The largest absolute Gasteiger partial charge is 0.444 e. The van der Waals surface area contributed by atoms with E-state index >= 15 is 0 Å². The average Bonchev–Trinajstić information content (AvgIpc) is 2.52. The second-order valence-corrected chi connectivity index (χ2v) is 7.01. The molecule has 0 saturated carbocycles. The van der Waals surface area contributed by atoms with Gasteiger partial charge in [0.2, 0.25) is 0 Å². The third kappa shape index (κ3) is 5.48. The number of nitrogens with zero attached hydrogens (tertiary/aromatic N) is 2. The number of benzene rings is 1. The molecule has 23 heavy (non-hydrogen) atoms. The Morgan fingerprint density at radius 2 is 2.26 bits per heavy atom. The lowest BCUT2D eigenvalue weighted by molar-refractivity contribution is 0.0172. The Hall–Kier alpha value is -2.22. The quantitative estimate of drug-likeness (QED) is 0.925. The minimum atomic E-state index is -0.458. The zero-order valence-corrected chi connectivity index (χ0v) is 14.1. The van der Waals surface area contributed by atoms with E-state index in [2.05, 4.69) is 11.4 Å². The smallest absolute Gasteiger partial charge is 0.410 e. The molecule has 0 spiro atoms. The Balaban J connectivity index is 1.86. The summed E-state index contributed by atoms with van der Waals surface area (Å²) in [5.41, 5.74) is 1.13. The lowest BCUT2D eigenvalue weighted by atomic mass is 9.98. The maximum atomic E-state index is 12.2. The summed E-state index contributed by atoms with van der Waals surface area (Å²) in [4.78, 5) is 14.0. The van der Waals surface area contributed by atoms with Crippen molar-refractivity contribution in [3.05, 3.63) is 29.8 Å². The summed E-state index contributed by atoms with van der Waals surface area (Å²) in [6, 6.07) is 9.59. The fourth-order valence-electron chi connectivity index (χ4n) is 2.68. The lowest BCUT2D eigenvalue weighted by Crippen LogP contribution is -2.44. The van der Waals surface area contributed by atoms with Gasteiger partial charge in [-0.2, -0.15) is 5.26 Å². The van der Waals surface area contributed by atoms with Gasteiger partial charge in [-0.05, 0) is 57.7 Å². The van der Waals surface area contributed by atoms with Crippen molar-refractivity contribution in [1.29, 1.82) is 5.26 Å². The van der Waals surface area contributed by atoms with E-state index in [1.807, 2.05) is 39.0 Å². The van der Waals surface area contributed by atoms with Gasteiger partial charge < -0.3 is 15.0 Å². The van der Waals surface area contributed by atoms with Crippen molar-refractivity contribution in [3.8, 4) is 6.07 Å². The van der Waals surface area contributed by atoms with Crippen LogP contribution in [0.4, 0.5) is 10.5 Å². The number of likely N-dealkylation sites (tertiary alicyclic amines) is 1. The molecule has 1 aliphatic heterocycles. The summed E-state index contributed by atoms with van der Waals surface area (Å²) >= 11 is 0. The Morgan fingerprint density at radius 3 is 2.96 bits per heavy atom. The van der Waals surface area contributed by atoms with Crippen molar-refractivity contribution in [2.75, 3.05) is 25.0 Å². The highest BCUT2D eigenvalue weighted by Gasteiger charge is 2.27. The number of hydrogen-bond acceptors (Lipinski definition) is 4. The maximum Gasteiger partial charge on any atom is 0.410 e. The normalized spacial score (nSPS) is 18.2. The number of hydrogen-bond donors (Lipinski definition) is 1. The fourth-order valence-corrected chi connectivity index (χ4v) is 2.68. The first kappa shape index (κ1) is 17.1. The number of nitrogens with one attached hydrogen (secondary N) is 1. The molecular weight excluding hydrogens is 290 g/mol. The van der Waals surface area contributed by atoms with Crippen molar-refractivity contribution in [3.63, 3.8) is 0 Å². The van der Waals surface area contributed by atoms with Crippen LogP contribution in [0.5, 0.6) is 0 Å². The summed E-state index contributed by atoms with van der Waals surface area (Å²) < 4.78 is 5.45. The number of carbonyl (C=O) groups is 1. The van der Waals surface area contributed by atoms with Crippen LogP contribution in [0.2, 0.25) is 0 Å². The second kappa shape index (κ2) is 7.36. The summed E-state index contributed by atoms with van der Waals surface area (Å²) in [5.74, 6) is 0.391. The molecule has 1 heterocycles. The van der Waals surface area contributed by atoms with Gasteiger partial charge in [-0.25, -0.2) is 4.79 Å². The number of carbonyl (C=O) groups excluding carboxylic acids is 1. The standard InChI is InChI=1S/C18H25N3O2/c1-18(2,3)23-17(22)21-9-5-7-15(13-21)12-20-16-8-4-6-14(10-16)11-19/h4,6,8,10,15,20H,5,7,9,12-13H2,1-3H3. The van der Waals surface area contributed by atoms with Crippen LogP contribution in [-0.4, -0.2) is 36.2 Å². The molecule has 0 aliphatic carbocycles. The number of ether oxygens (including phenoxy) is 1. The summed E-state index contributed by atoms with van der Waals surface area (Å²) in [6.07, 6.45) is 1.85. The Bertz CT molecular complexity index is 587. The Morgan fingerprint density at radius 1 is 1.48 bits per heavy atom. The van der Waals surface area contributed by atoms with Gasteiger partial charge in [0, 0.05) is 25.3 Å². The predicted octanol–water partition coefficient (Wildman–Crippen LogP) is 3.62. The molecule has 0 bridgehead atoms. The number of piperidine rings is 1. The van der Waals surface area contributed by atoms with Gasteiger partial charge in [-0.15, -0.1) is 0 Å². The third-order valence-electron chi connectivity index (χ3n) is 3.76. The second-order valence-electron chi connectivity index (χ2n) is 7.01. The third-order valence-corrected chi connectivity index (χ3v) is 3.76. The molecular formula is C18H25N3O2. The zero-order valence-electron chi connectivity index (χ0n) is 14.1. The summed E-state index contributed by atoms with van der Waals surface area (Å²) in [7, 11) is 0. The number of nitriles is 1. The van der Waals surface area contributed by atoms with Gasteiger partial charge >= 0.3 is 6.09 Å². The Kier molecular flexibility index (Phi) is 5.49. The number of amides is 1. The van der Waals surface area contributed by atoms with E-state index in [1.165, 1.54) is 0 Å². The highest BCUT2D eigenvalue weighted by atomic mass is 16.6. The SMILES string of the molecule is CC(C)(C)OC(=O)N1CCCC(CNc2cccc(C#N)c2)C1. The first-order valence-corrected chi connectivity index (χ1v) is 8.09. The van der Waals surface area contributed by atoms with Crippen LogP contribution in [0.3, 0.4) is 0 Å². The van der Waals surface area contributed by atoms with Crippen LogP contribution >= 0.6 is 0 Å². The van der Waals surface area contributed by atoms with Gasteiger partial charge in [-0.3, -0.25) is 0 Å². The lowest BCUT2D eigenvalue weighted by Gasteiger charge is -2.34. The van der Waals surface area contributed by atoms with Gasteiger partial charge in [0.25, 0.3) is 0 Å². The molecule has 124 valence electrons. The highest BCUT2D eigenvalue weighted by Crippen LogP contribution is 2.20. The molecule has 2 rings (SSSR count).